The summed E-state index contributed by atoms with van der Waals surface area (Å²) >= 11 is 3.29. The van der Waals surface area contributed by atoms with Crippen LogP contribution in [0.1, 0.15) is 5.56 Å². The molecule has 0 aliphatic rings. The quantitative estimate of drug-likeness (QED) is 0.518. The number of aromatic hydroxyl groups is 1. The van der Waals surface area contributed by atoms with Gasteiger partial charge in [-0.2, -0.15) is 5.10 Å². The molecule has 0 aliphatic carbocycles. The maximum atomic E-state index is 12.8. The average molecular weight is 396 g/mol. The van der Waals surface area contributed by atoms with Gasteiger partial charge in [0.2, 0.25) is 0 Å². The third kappa shape index (κ3) is 4.95. The normalized spacial score (nSPS) is 10.6. The molecular weight excluding hydrogens is 381 g/mol. The minimum atomic E-state index is -0.392. The molecule has 0 unspecified atom stereocenters. The van der Waals surface area contributed by atoms with Crippen LogP contribution in [0.3, 0.4) is 0 Å². The Morgan fingerprint density at radius 1 is 1.38 bits per heavy atom. The molecule has 6 nitrogen and oxygen atoms in total. The zero-order valence-electron chi connectivity index (χ0n) is 12.7. The molecule has 2 aromatic rings. The van der Waals surface area contributed by atoms with Crippen LogP contribution < -0.4 is 15.5 Å². The van der Waals surface area contributed by atoms with Crippen molar-refractivity contribution >= 4 is 33.7 Å². The van der Waals surface area contributed by atoms with Gasteiger partial charge in [0.25, 0.3) is 5.91 Å². The first-order valence-corrected chi connectivity index (χ1v) is 7.66. The molecule has 0 aliphatic heterocycles. The lowest BCUT2D eigenvalue weighted by molar-refractivity contribution is -0.119. The van der Waals surface area contributed by atoms with Crippen molar-refractivity contribution in [3.63, 3.8) is 0 Å². The molecule has 0 saturated heterocycles. The van der Waals surface area contributed by atoms with Gasteiger partial charge in [0, 0.05) is 15.7 Å². The van der Waals surface area contributed by atoms with Crippen molar-refractivity contribution in [1.29, 1.82) is 0 Å². The number of nitrogens with zero attached hydrogens (tertiary/aromatic N) is 1. The van der Waals surface area contributed by atoms with Crippen LogP contribution in [0.25, 0.3) is 0 Å². The van der Waals surface area contributed by atoms with E-state index in [9.17, 15) is 14.3 Å². The predicted octanol–water partition coefficient (Wildman–Crippen LogP) is 2.86. The Morgan fingerprint density at radius 3 is 2.75 bits per heavy atom. The number of halogens is 2. The van der Waals surface area contributed by atoms with Gasteiger partial charge in [-0.1, -0.05) is 15.9 Å². The molecule has 8 heteroatoms. The summed E-state index contributed by atoms with van der Waals surface area (Å²) < 4.78 is 18.5. The summed E-state index contributed by atoms with van der Waals surface area (Å²) in [5.41, 5.74) is 3.32. The van der Waals surface area contributed by atoms with E-state index >= 15 is 0 Å². The second-order valence-corrected chi connectivity index (χ2v) is 5.62. The van der Waals surface area contributed by atoms with Crippen LogP contribution in [-0.2, 0) is 4.79 Å². The Labute approximate surface area is 146 Å². The molecule has 3 N–H and O–H groups in total. The fourth-order valence-electron chi connectivity index (χ4n) is 1.81. The van der Waals surface area contributed by atoms with Crippen molar-refractivity contribution < 1.29 is 19.0 Å². The van der Waals surface area contributed by atoms with Crippen LogP contribution in [0.5, 0.6) is 11.5 Å². The largest absolute Gasteiger partial charge is 0.504 e. The molecule has 0 fully saturated rings. The van der Waals surface area contributed by atoms with Crippen molar-refractivity contribution in [3.8, 4) is 11.5 Å². The molecule has 0 radical (unpaired) electrons. The Morgan fingerprint density at radius 2 is 2.08 bits per heavy atom. The highest BCUT2D eigenvalue weighted by Crippen LogP contribution is 2.32. The van der Waals surface area contributed by atoms with E-state index in [1.54, 1.807) is 12.1 Å². The van der Waals surface area contributed by atoms with Crippen LogP contribution in [-0.4, -0.2) is 30.9 Å². The third-order valence-corrected chi connectivity index (χ3v) is 3.44. The number of hydrazone groups is 1. The topological polar surface area (TPSA) is 83.0 Å². The Bertz CT molecular complexity index is 751. The second kappa shape index (κ2) is 8.30. The minimum Gasteiger partial charge on any atom is -0.504 e. The van der Waals surface area contributed by atoms with Gasteiger partial charge in [-0.3, -0.25) is 4.79 Å². The van der Waals surface area contributed by atoms with Gasteiger partial charge in [-0.25, -0.2) is 9.82 Å². The molecule has 1 amide bonds. The van der Waals surface area contributed by atoms with Crippen LogP contribution in [0.4, 0.5) is 10.1 Å². The molecule has 2 rings (SSSR count). The van der Waals surface area contributed by atoms with E-state index in [0.717, 1.165) is 0 Å². The number of phenolic OH excluding ortho intramolecular Hbond substituents is 1. The van der Waals surface area contributed by atoms with Crippen LogP contribution in [0.15, 0.2) is 46.0 Å². The number of nitrogens with one attached hydrogen (secondary N) is 2. The van der Waals surface area contributed by atoms with Gasteiger partial charge in [0.05, 0.1) is 19.9 Å². The fourth-order valence-corrected chi connectivity index (χ4v) is 2.27. The van der Waals surface area contributed by atoms with E-state index in [0.29, 0.717) is 15.7 Å². The Kier molecular flexibility index (Phi) is 6.14. The Hall–Kier alpha value is -2.61. The van der Waals surface area contributed by atoms with Crippen molar-refractivity contribution in [1.82, 2.24) is 5.43 Å². The first kappa shape index (κ1) is 17.7. The number of benzene rings is 2. The molecule has 0 saturated carbocycles. The highest BCUT2D eigenvalue weighted by atomic mass is 79.9. The SMILES string of the molecule is COc1cc(Br)cc(/C=N\NC(=O)CNc2ccc(F)cc2)c1O. The van der Waals surface area contributed by atoms with Gasteiger partial charge < -0.3 is 15.2 Å². The number of hydrogen-bond donors (Lipinski definition) is 3. The monoisotopic (exact) mass is 395 g/mol. The van der Waals surface area contributed by atoms with E-state index < -0.39 is 5.91 Å². The van der Waals surface area contributed by atoms with Gasteiger partial charge >= 0.3 is 0 Å². The number of rotatable bonds is 6. The number of carbonyl (C=O) groups is 1. The molecule has 0 bridgehead atoms. The number of anilines is 1. The van der Waals surface area contributed by atoms with E-state index in [4.69, 9.17) is 4.74 Å². The molecule has 0 heterocycles. The van der Waals surface area contributed by atoms with Gasteiger partial charge in [-0.05, 0) is 36.4 Å². The highest BCUT2D eigenvalue weighted by molar-refractivity contribution is 9.10. The molecule has 2 aromatic carbocycles. The van der Waals surface area contributed by atoms with Gasteiger partial charge in [-0.15, -0.1) is 0 Å². The first-order valence-electron chi connectivity index (χ1n) is 6.87. The molecule has 24 heavy (non-hydrogen) atoms. The number of carbonyl (C=O) groups excluding carboxylic acids is 1. The maximum absolute atomic E-state index is 12.8. The van der Waals surface area contributed by atoms with Gasteiger partial charge in [0.1, 0.15) is 5.82 Å². The molecular formula is C16H15BrFN3O3. The fraction of sp³-hybridized carbons (Fsp3) is 0.125. The maximum Gasteiger partial charge on any atom is 0.259 e. The summed E-state index contributed by atoms with van der Waals surface area (Å²) in [7, 11) is 1.44. The van der Waals surface area contributed by atoms with Crippen molar-refractivity contribution in [2.45, 2.75) is 0 Å². The summed E-state index contributed by atoms with van der Waals surface area (Å²) in [6.45, 7) is -0.0310. The number of phenols is 1. The van der Waals surface area contributed by atoms with Crippen molar-refractivity contribution in [2.75, 3.05) is 19.0 Å². The van der Waals surface area contributed by atoms with Gasteiger partial charge in [0.15, 0.2) is 11.5 Å². The summed E-state index contributed by atoms with van der Waals surface area (Å²) in [5.74, 6) is -0.533. The number of hydrogen-bond acceptors (Lipinski definition) is 5. The van der Waals surface area contributed by atoms with E-state index in [1.165, 1.54) is 37.6 Å². The predicted molar refractivity (Wildman–Crippen MR) is 93.0 cm³/mol. The average Bonchev–Trinajstić information content (AvgIpc) is 2.57. The third-order valence-electron chi connectivity index (χ3n) is 2.98. The highest BCUT2D eigenvalue weighted by Gasteiger charge is 2.08. The number of ether oxygens (including phenoxy) is 1. The van der Waals surface area contributed by atoms with Crippen LogP contribution in [0.2, 0.25) is 0 Å². The second-order valence-electron chi connectivity index (χ2n) is 4.70. The standard InChI is InChI=1S/C16H15BrFN3O3/c1-24-14-7-11(17)6-10(16(14)23)8-20-21-15(22)9-19-13-4-2-12(18)3-5-13/h2-8,19,23H,9H2,1H3,(H,21,22)/b20-8-. The lowest BCUT2D eigenvalue weighted by atomic mass is 10.2. The van der Waals surface area contributed by atoms with E-state index in [1.807, 2.05) is 0 Å². The summed E-state index contributed by atoms with van der Waals surface area (Å²) in [5, 5.41) is 16.6. The zero-order chi connectivity index (χ0) is 17.5. The summed E-state index contributed by atoms with van der Waals surface area (Å²) in [6.07, 6.45) is 1.30. The Balaban J connectivity index is 1.90. The zero-order valence-corrected chi connectivity index (χ0v) is 14.3. The molecule has 0 spiro atoms. The summed E-state index contributed by atoms with van der Waals surface area (Å²) in [6, 6.07) is 8.88. The number of amides is 1. The van der Waals surface area contributed by atoms with Crippen molar-refractivity contribution in [3.05, 3.63) is 52.3 Å². The molecule has 126 valence electrons. The number of methoxy groups -OCH3 is 1. The van der Waals surface area contributed by atoms with Crippen molar-refractivity contribution in [2.24, 2.45) is 5.10 Å². The molecule has 0 atom stereocenters. The smallest absolute Gasteiger partial charge is 0.259 e. The van der Waals surface area contributed by atoms with Crippen LogP contribution >= 0.6 is 15.9 Å². The summed E-state index contributed by atoms with van der Waals surface area (Å²) in [4.78, 5) is 11.7. The first-order chi connectivity index (χ1) is 11.5. The van der Waals surface area contributed by atoms with E-state index in [2.05, 4.69) is 31.8 Å². The van der Waals surface area contributed by atoms with Crippen LogP contribution in [0, 0.1) is 5.82 Å². The molecule has 0 aromatic heterocycles. The minimum absolute atomic E-state index is 0.0310. The lowest BCUT2D eigenvalue weighted by Gasteiger charge is -2.07. The van der Waals surface area contributed by atoms with E-state index in [-0.39, 0.29) is 23.9 Å². The lowest BCUT2D eigenvalue weighted by Crippen LogP contribution is -2.25.